The summed E-state index contributed by atoms with van der Waals surface area (Å²) >= 11 is 0. The molecule has 3 atom stereocenters. The number of hydrogen-bond donors (Lipinski definition) is 0. The van der Waals surface area contributed by atoms with E-state index in [1.807, 2.05) is 6.92 Å². The van der Waals surface area contributed by atoms with Crippen molar-refractivity contribution >= 4 is 17.5 Å². The highest BCUT2D eigenvalue weighted by Crippen LogP contribution is 2.42. The van der Waals surface area contributed by atoms with Crippen molar-refractivity contribution in [2.75, 3.05) is 4.90 Å². The molecule has 0 spiro atoms. The molecule has 0 unspecified atom stereocenters. The zero-order valence-corrected chi connectivity index (χ0v) is 12.1. The average molecular weight is 311 g/mol. The largest absolute Gasteiger partial charge is 0.416 e. The number of benzene rings is 1. The van der Waals surface area contributed by atoms with Gasteiger partial charge >= 0.3 is 6.18 Å². The lowest BCUT2D eigenvalue weighted by atomic mass is 9.76. The van der Waals surface area contributed by atoms with Crippen LogP contribution in [0.15, 0.2) is 24.3 Å². The Bertz CT molecular complexity index is 626. The van der Waals surface area contributed by atoms with Crippen molar-refractivity contribution in [2.24, 2.45) is 17.8 Å². The monoisotopic (exact) mass is 311 g/mol. The van der Waals surface area contributed by atoms with E-state index in [1.165, 1.54) is 12.1 Å². The molecule has 1 aromatic rings. The highest BCUT2D eigenvalue weighted by Gasteiger charge is 2.50. The third-order valence-electron chi connectivity index (χ3n) is 4.62. The Morgan fingerprint density at radius 3 is 2.45 bits per heavy atom. The summed E-state index contributed by atoms with van der Waals surface area (Å²) in [7, 11) is 0. The molecular formula is C16H16F3NO2. The molecule has 6 heteroatoms. The number of anilines is 1. The first kappa shape index (κ1) is 15.1. The number of fused-ring (bicyclic) bond motifs is 1. The fraction of sp³-hybridized carbons (Fsp3) is 0.500. The molecule has 2 aliphatic rings. The van der Waals surface area contributed by atoms with Crippen LogP contribution in [-0.2, 0) is 15.8 Å². The molecule has 1 aliphatic carbocycles. The Labute approximate surface area is 126 Å². The van der Waals surface area contributed by atoms with E-state index in [0.29, 0.717) is 18.8 Å². The summed E-state index contributed by atoms with van der Waals surface area (Å²) in [6, 6.07) is 4.41. The summed E-state index contributed by atoms with van der Waals surface area (Å²) in [5, 5.41) is 0. The highest BCUT2D eigenvalue weighted by atomic mass is 19.4. The fourth-order valence-electron chi connectivity index (χ4n) is 3.47. The lowest BCUT2D eigenvalue weighted by molar-refractivity contribution is -0.137. The normalized spacial score (nSPS) is 28.9. The van der Waals surface area contributed by atoms with Gasteiger partial charge in [0.05, 0.1) is 23.1 Å². The van der Waals surface area contributed by atoms with Crippen LogP contribution in [0.4, 0.5) is 18.9 Å². The number of hydrogen-bond acceptors (Lipinski definition) is 2. The van der Waals surface area contributed by atoms with Crippen LogP contribution < -0.4 is 4.90 Å². The van der Waals surface area contributed by atoms with E-state index in [-0.39, 0.29) is 29.3 Å². The Hall–Kier alpha value is -1.85. The van der Waals surface area contributed by atoms with Gasteiger partial charge in [-0.05, 0) is 43.4 Å². The van der Waals surface area contributed by atoms with Gasteiger partial charge in [-0.15, -0.1) is 0 Å². The number of carbonyl (C=O) groups is 2. The zero-order valence-electron chi connectivity index (χ0n) is 12.1. The second-order valence-corrected chi connectivity index (χ2v) is 6.19. The van der Waals surface area contributed by atoms with E-state index in [9.17, 15) is 22.8 Å². The SMILES string of the molecule is C[C@@H]1CC[C@H]2C(=O)N(c3cccc(C(F)(F)F)c3)C(=O)[C@@H]2C1. The van der Waals surface area contributed by atoms with Gasteiger partial charge in [0.1, 0.15) is 0 Å². The maximum Gasteiger partial charge on any atom is 0.416 e. The molecule has 1 aliphatic heterocycles. The van der Waals surface area contributed by atoms with Gasteiger partial charge < -0.3 is 0 Å². The van der Waals surface area contributed by atoms with E-state index in [1.54, 1.807) is 0 Å². The van der Waals surface area contributed by atoms with E-state index in [0.717, 1.165) is 23.5 Å². The number of nitrogens with zero attached hydrogens (tertiary/aromatic N) is 1. The molecule has 0 bridgehead atoms. The van der Waals surface area contributed by atoms with Crippen molar-refractivity contribution in [2.45, 2.75) is 32.4 Å². The van der Waals surface area contributed by atoms with E-state index < -0.39 is 11.7 Å². The minimum atomic E-state index is -4.50. The lowest BCUT2D eigenvalue weighted by Gasteiger charge is -2.25. The van der Waals surface area contributed by atoms with Crippen LogP contribution in [0, 0.1) is 17.8 Å². The summed E-state index contributed by atoms with van der Waals surface area (Å²) in [4.78, 5) is 25.9. The molecule has 3 nitrogen and oxygen atoms in total. The van der Waals surface area contributed by atoms with Crippen LogP contribution in [0.3, 0.4) is 0 Å². The number of alkyl halides is 3. The maximum absolute atomic E-state index is 12.8. The van der Waals surface area contributed by atoms with Crippen LogP contribution in [0.1, 0.15) is 31.7 Å². The number of imide groups is 1. The van der Waals surface area contributed by atoms with Crippen LogP contribution in [0.25, 0.3) is 0 Å². The minimum absolute atomic E-state index is 0.0203. The molecule has 2 fully saturated rings. The number of halogens is 3. The first-order valence-corrected chi connectivity index (χ1v) is 7.34. The molecule has 3 rings (SSSR count). The molecule has 1 saturated carbocycles. The molecule has 118 valence electrons. The maximum atomic E-state index is 12.8. The van der Waals surface area contributed by atoms with Gasteiger partial charge in [-0.3, -0.25) is 14.5 Å². The van der Waals surface area contributed by atoms with Crippen molar-refractivity contribution in [1.82, 2.24) is 0 Å². The standard InChI is InChI=1S/C16H16F3NO2/c1-9-5-6-12-13(7-9)15(22)20(14(12)21)11-4-2-3-10(8-11)16(17,18)19/h2-4,8-9,12-13H,5-7H2,1H3/t9-,12-,13-/m1/s1. The van der Waals surface area contributed by atoms with Gasteiger partial charge in [-0.2, -0.15) is 13.2 Å². The summed E-state index contributed by atoms with van der Waals surface area (Å²) in [6.07, 6.45) is -2.36. The van der Waals surface area contributed by atoms with E-state index in [4.69, 9.17) is 0 Å². The van der Waals surface area contributed by atoms with Crippen LogP contribution in [-0.4, -0.2) is 11.8 Å². The zero-order chi connectivity index (χ0) is 16.1. The lowest BCUT2D eigenvalue weighted by Crippen LogP contribution is -2.31. The van der Waals surface area contributed by atoms with Gasteiger partial charge in [0, 0.05) is 0 Å². The molecule has 22 heavy (non-hydrogen) atoms. The van der Waals surface area contributed by atoms with Gasteiger partial charge in [0.2, 0.25) is 11.8 Å². The molecule has 1 saturated heterocycles. The second kappa shape index (κ2) is 5.11. The molecule has 2 amide bonds. The topological polar surface area (TPSA) is 37.4 Å². The average Bonchev–Trinajstić information content (AvgIpc) is 2.69. The highest BCUT2D eigenvalue weighted by molar-refractivity contribution is 6.22. The predicted molar refractivity (Wildman–Crippen MR) is 73.9 cm³/mol. The smallest absolute Gasteiger partial charge is 0.274 e. The van der Waals surface area contributed by atoms with Gasteiger partial charge in [-0.25, -0.2) is 0 Å². The third kappa shape index (κ3) is 2.40. The Kier molecular flexibility index (Phi) is 3.50. The van der Waals surface area contributed by atoms with Crippen LogP contribution >= 0.6 is 0 Å². The van der Waals surface area contributed by atoms with Crippen molar-refractivity contribution < 1.29 is 22.8 Å². The molecule has 1 heterocycles. The predicted octanol–water partition coefficient (Wildman–Crippen LogP) is 3.63. The van der Waals surface area contributed by atoms with Crippen molar-refractivity contribution in [3.05, 3.63) is 29.8 Å². The Morgan fingerprint density at radius 1 is 1.09 bits per heavy atom. The number of rotatable bonds is 1. The number of carbonyl (C=O) groups excluding carboxylic acids is 2. The second-order valence-electron chi connectivity index (χ2n) is 6.19. The quantitative estimate of drug-likeness (QED) is 0.743. The molecule has 0 radical (unpaired) electrons. The molecule has 0 N–H and O–H groups in total. The molecule has 0 aromatic heterocycles. The third-order valence-corrected chi connectivity index (χ3v) is 4.62. The Morgan fingerprint density at radius 2 is 1.77 bits per heavy atom. The van der Waals surface area contributed by atoms with Crippen molar-refractivity contribution in [3.8, 4) is 0 Å². The summed E-state index contributed by atoms with van der Waals surface area (Å²) in [5.41, 5.74) is -0.833. The Balaban J connectivity index is 1.95. The van der Waals surface area contributed by atoms with Crippen molar-refractivity contribution in [3.63, 3.8) is 0 Å². The number of amides is 2. The summed E-state index contributed by atoms with van der Waals surface area (Å²) < 4.78 is 38.4. The van der Waals surface area contributed by atoms with Crippen molar-refractivity contribution in [1.29, 1.82) is 0 Å². The van der Waals surface area contributed by atoms with E-state index >= 15 is 0 Å². The summed E-state index contributed by atoms with van der Waals surface area (Å²) in [5.74, 6) is -1.12. The first-order valence-electron chi connectivity index (χ1n) is 7.34. The van der Waals surface area contributed by atoms with E-state index in [2.05, 4.69) is 0 Å². The molecule has 1 aromatic carbocycles. The summed E-state index contributed by atoms with van der Waals surface area (Å²) in [6.45, 7) is 2.03. The first-order chi connectivity index (χ1) is 10.3. The fourth-order valence-corrected chi connectivity index (χ4v) is 3.47. The minimum Gasteiger partial charge on any atom is -0.274 e. The van der Waals surface area contributed by atoms with Gasteiger partial charge in [0.25, 0.3) is 0 Å². The van der Waals surface area contributed by atoms with Gasteiger partial charge in [-0.1, -0.05) is 13.0 Å². The van der Waals surface area contributed by atoms with Crippen LogP contribution in [0.5, 0.6) is 0 Å². The van der Waals surface area contributed by atoms with Gasteiger partial charge in [0.15, 0.2) is 0 Å². The molecular weight excluding hydrogens is 295 g/mol. The van der Waals surface area contributed by atoms with Crippen LogP contribution in [0.2, 0.25) is 0 Å².